The molecule has 0 radical (unpaired) electrons. The van der Waals surface area contributed by atoms with Crippen molar-refractivity contribution in [3.63, 3.8) is 0 Å². The Morgan fingerprint density at radius 3 is 2.33 bits per heavy atom. The Kier molecular flexibility index (Phi) is 4.38. The van der Waals surface area contributed by atoms with Crippen LogP contribution < -0.4 is 9.47 Å². The average molecular weight is 282 g/mol. The highest BCUT2D eigenvalue weighted by Crippen LogP contribution is 2.32. The third-order valence-electron chi connectivity index (χ3n) is 3.17. The molecule has 21 heavy (non-hydrogen) atoms. The Hall–Kier alpha value is -2.62. The van der Waals surface area contributed by atoms with Crippen LogP contribution in [-0.4, -0.2) is 24.2 Å². The van der Waals surface area contributed by atoms with Gasteiger partial charge in [-0.05, 0) is 13.0 Å². The van der Waals surface area contributed by atoms with Gasteiger partial charge in [0.2, 0.25) is 0 Å². The molecule has 1 heterocycles. The predicted molar refractivity (Wildman–Crippen MR) is 85.8 cm³/mol. The Morgan fingerprint density at radius 2 is 1.76 bits per heavy atom. The molecule has 0 saturated heterocycles. The molecule has 0 fully saturated rings. The van der Waals surface area contributed by atoms with E-state index in [1.807, 2.05) is 25.1 Å². The molecule has 0 aliphatic heterocycles. The van der Waals surface area contributed by atoms with Crippen molar-refractivity contribution in [3.05, 3.63) is 55.0 Å². The molecule has 0 amide bonds. The molecule has 0 unspecified atom stereocenters. The van der Waals surface area contributed by atoms with Gasteiger partial charge in [0.05, 0.1) is 19.7 Å². The summed E-state index contributed by atoms with van der Waals surface area (Å²) in [6.07, 6.45) is 5.23. The van der Waals surface area contributed by atoms with Crippen LogP contribution in [0.5, 0.6) is 11.5 Å². The van der Waals surface area contributed by atoms with E-state index in [2.05, 4.69) is 23.1 Å². The average Bonchev–Trinajstić information content (AvgIpc) is 2.51. The Bertz CT molecular complexity index is 733. The number of ether oxygens (including phenoxy) is 2. The van der Waals surface area contributed by atoms with Gasteiger partial charge in [-0.2, -0.15) is 0 Å². The molecule has 4 heteroatoms. The lowest BCUT2D eigenvalue weighted by Crippen LogP contribution is -1.99. The minimum atomic E-state index is 0.613. The standard InChI is InChI=1S/C17H18N2O2/c1-6-8-12(7-2)17-18-11(3)13-9-15(20-4)16(21-5)10-14(13)19-17/h6-10H,1-2H2,3-5H3/b12-8+. The van der Waals surface area contributed by atoms with Crippen molar-refractivity contribution >= 4 is 16.5 Å². The summed E-state index contributed by atoms with van der Waals surface area (Å²) in [5.41, 5.74) is 2.49. The van der Waals surface area contributed by atoms with Gasteiger partial charge >= 0.3 is 0 Å². The number of benzene rings is 1. The van der Waals surface area contributed by atoms with Crippen LogP contribution in [0, 0.1) is 6.92 Å². The SMILES string of the molecule is C=C/C=C(\C=C)c1nc(C)c2cc(OC)c(OC)cc2n1. The van der Waals surface area contributed by atoms with Gasteiger partial charge in [0.15, 0.2) is 17.3 Å². The Balaban J connectivity index is 2.72. The van der Waals surface area contributed by atoms with Crippen LogP contribution in [0.15, 0.2) is 43.5 Å². The summed E-state index contributed by atoms with van der Waals surface area (Å²) in [6.45, 7) is 9.42. The molecule has 0 N–H and O–H groups in total. The van der Waals surface area contributed by atoms with Gasteiger partial charge in [0.25, 0.3) is 0 Å². The monoisotopic (exact) mass is 282 g/mol. The minimum absolute atomic E-state index is 0.613. The molecule has 1 aromatic heterocycles. The second-order valence-corrected chi connectivity index (χ2v) is 4.42. The quantitative estimate of drug-likeness (QED) is 0.784. The van der Waals surface area contributed by atoms with E-state index in [-0.39, 0.29) is 0 Å². The smallest absolute Gasteiger partial charge is 0.162 e. The first kappa shape index (κ1) is 14.8. The second kappa shape index (κ2) is 6.22. The van der Waals surface area contributed by atoms with Crippen LogP contribution in [0.4, 0.5) is 0 Å². The van der Waals surface area contributed by atoms with E-state index in [1.165, 1.54) is 0 Å². The van der Waals surface area contributed by atoms with Crippen molar-refractivity contribution in [3.8, 4) is 11.5 Å². The lowest BCUT2D eigenvalue weighted by Gasteiger charge is -2.11. The zero-order valence-electron chi connectivity index (χ0n) is 12.5. The van der Waals surface area contributed by atoms with Gasteiger partial charge in [0, 0.05) is 22.7 Å². The number of allylic oxidation sites excluding steroid dienone is 4. The zero-order valence-corrected chi connectivity index (χ0v) is 12.5. The second-order valence-electron chi connectivity index (χ2n) is 4.42. The van der Waals surface area contributed by atoms with Crippen LogP contribution in [0.1, 0.15) is 11.5 Å². The van der Waals surface area contributed by atoms with Crippen LogP contribution >= 0.6 is 0 Å². The van der Waals surface area contributed by atoms with Gasteiger partial charge in [-0.3, -0.25) is 0 Å². The molecule has 0 atom stereocenters. The summed E-state index contributed by atoms with van der Waals surface area (Å²) in [6, 6.07) is 3.74. The third-order valence-corrected chi connectivity index (χ3v) is 3.17. The molecular weight excluding hydrogens is 264 g/mol. The van der Waals surface area contributed by atoms with Gasteiger partial charge in [-0.15, -0.1) is 0 Å². The number of hydrogen-bond donors (Lipinski definition) is 0. The molecule has 0 spiro atoms. The van der Waals surface area contributed by atoms with E-state index >= 15 is 0 Å². The molecule has 4 nitrogen and oxygen atoms in total. The maximum absolute atomic E-state index is 5.32. The van der Waals surface area contributed by atoms with E-state index in [0.29, 0.717) is 17.3 Å². The minimum Gasteiger partial charge on any atom is -0.493 e. The summed E-state index contributed by atoms with van der Waals surface area (Å²) < 4.78 is 10.6. The van der Waals surface area contributed by atoms with E-state index in [1.54, 1.807) is 26.4 Å². The number of rotatable bonds is 5. The number of fused-ring (bicyclic) bond motifs is 1. The fraction of sp³-hybridized carbons (Fsp3) is 0.176. The summed E-state index contributed by atoms with van der Waals surface area (Å²) in [7, 11) is 3.21. The van der Waals surface area contributed by atoms with Gasteiger partial charge < -0.3 is 9.47 Å². The lowest BCUT2D eigenvalue weighted by molar-refractivity contribution is 0.355. The fourth-order valence-electron chi connectivity index (χ4n) is 2.10. The van der Waals surface area contributed by atoms with Crippen molar-refractivity contribution in [1.82, 2.24) is 9.97 Å². The number of aromatic nitrogens is 2. The summed E-state index contributed by atoms with van der Waals surface area (Å²) in [5, 5.41) is 0.929. The number of aryl methyl sites for hydroxylation is 1. The fourth-order valence-corrected chi connectivity index (χ4v) is 2.10. The molecule has 1 aromatic carbocycles. The van der Waals surface area contributed by atoms with E-state index in [0.717, 1.165) is 22.2 Å². The van der Waals surface area contributed by atoms with Crippen LogP contribution in [0.3, 0.4) is 0 Å². The summed E-state index contributed by atoms with van der Waals surface area (Å²) >= 11 is 0. The number of methoxy groups -OCH3 is 2. The largest absolute Gasteiger partial charge is 0.493 e. The van der Waals surface area contributed by atoms with Crippen molar-refractivity contribution in [2.75, 3.05) is 14.2 Å². The number of hydrogen-bond acceptors (Lipinski definition) is 4. The summed E-state index contributed by atoms with van der Waals surface area (Å²) in [4.78, 5) is 9.10. The maximum atomic E-state index is 5.32. The van der Waals surface area contributed by atoms with Crippen molar-refractivity contribution in [1.29, 1.82) is 0 Å². The Labute approximate surface area is 124 Å². The zero-order chi connectivity index (χ0) is 15.4. The molecule has 2 rings (SSSR count). The Morgan fingerprint density at radius 1 is 1.10 bits per heavy atom. The van der Waals surface area contributed by atoms with Crippen LogP contribution in [0.2, 0.25) is 0 Å². The molecule has 0 aliphatic carbocycles. The first-order chi connectivity index (χ1) is 10.1. The molecular formula is C17H18N2O2. The highest BCUT2D eigenvalue weighted by molar-refractivity contribution is 5.86. The van der Waals surface area contributed by atoms with Gasteiger partial charge in [-0.1, -0.05) is 31.4 Å². The van der Waals surface area contributed by atoms with E-state index < -0.39 is 0 Å². The molecule has 0 saturated carbocycles. The van der Waals surface area contributed by atoms with E-state index in [9.17, 15) is 0 Å². The topological polar surface area (TPSA) is 44.2 Å². The van der Waals surface area contributed by atoms with Gasteiger partial charge in [0.1, 0.15) is 0 Å². The normalized spacial score (nSPS) is 11.3. The first-order valence-electron chi connectivity index (χ1n) is 6.50. The van der Waals surface area contributed by atoms with Crippen LogP contribution in [0.25, 0.3) is 16.5 Å². The lowest BCUT2D eigenvalue weighted by atomic mass is 10.1. The molecule has 2 aromatic rings. The first-order valence-corrected chi connectivity index (χ1v) is 6.50. The highest BCUT2D eigenvalue weighted by Gasteiger charge is 2.12. The maximum Gasteiger partial charge on any atom is 0.162 e. The van der Waals surface area contributed by atoms with Gasteiger partial charge in [-0.25, -0.2) is 9.97 Å². The third kappa shape index (κ3) is 2.79. The number of nitrogens with zero attached hydrogens (tertiary/aromatic N) is 2. The van der Waals surface area contributed by atoms with E-state index in [4.69, 9.17) is 9.47 Å². The highest BCUT2D eigenvalue weighted by atomic mass is 16.5. The van der Waals surface area contributed by atoms with Crippen LogP contribution in [-0.2, 0) is 0 Å². The molecule has 0 bridgehead atoms. The molecule has 0 aliphatic rings. The summed E-state index contributed by atoms with van der Waals surface area (Å²) in [5.74, 6) is 1.92. The van der Waals surface area contributed by atoms with Crippen molar-refractivity contribution in [2.45, 2.75) is 6.92 Å². The molecule has 108 valence electrons. The van der Waals surface area contributed by atoms with Crippen molar-refractivity contribution < 1.29 is 9.47 Å². The predicted octanol–water partition coefficient (Wildman–Crippen LogP) is 3.71. The van der Waals surface area contributed by atoms with Crippen molar-refractivity contribution in [2.24, 2.45) is 0 Å².